The molecule has 0 amide bonds. The van der Waals surface area contributed by atoms with Gasteiger partial charge in [0.05, 0.1) is 0 Å². The minimum Gasteiger partial charge on any atom is -0.372 e. The molecule has 19 heavy (non-hydrogen) atoms. The summed E-state index contributed by atoms with van der Waals surface area (Å²) in [5.41, 5.74) is 3.78. The van der Waals surface area contributed by atoms with Crippen molar-refractivity contribution in [2.45, 2.75) is 25.7 Å². The lowest BCUT2D eigenvalue weighted by Crippen LogP contribution is -2.25. The topological polar surface area (TPSA) is 3.24 Å². The Balaban J connectivity index is 2.14. The fraction of sp³-hybridized carbons (Fsp3) is 0.412. The summed E-state index contributed by atoms with van der Waals surface area (Å²) in [6.45, 7) is 4.50. The van der Waals surface area contributed by atoms with Gasteiger partial charge in [-0.1, -0.05) is 48.9 Å². The molecule has 0 saturated carbocycles. The summed E-state index contributed by atoms with van der Waals surface area (Å²) < 4.78 is 12.4. The molecule has 0 saturated heterocycles. The molecule has 0 bridgehead atoms. The van der Waals surface area contributed by atoms with Gasteiger partial charge in [-0.05, 0) is 25.0 Å². The van der Waals surface area contributed by atoms with Crippen molar-refractivity contribution in [1.29, 1.82) is 0 Å². The molecule has 1 aliphatic carbocycles. The first-order valence-corrected chi connectivity index (χ1v) is 6.79. The van der Waals surface area contributed by atoms with Gasteiger partial charge >= 0.3 is 0 Å². The summed E-state index contributed by atoms with van der Waals surface area (Å²) >= 11 is 0. The highest BCUT2D eigenvalue weighted by Gasteiger charge is 2.25. The van der Waals surface area contributed by atoms with E-state index < -0.39 is 0 Å². The molecule has 1 aromatic rings. The third kappa shape index (κ3) is 3.06. The van der Waals surface area contributed by atoms with Gasteiger partial charge < -0.3 is 4.90 Å². The first-order valence-electron chi connectivity index (χ1n) is 6.79. The van der Waals surface area contributed by atoms with Crippen LogP contribution in [0.3, 0.4) is 0 Å². The van der Waals surface area contributed by atoms with Gasteiger partial charge in [0.15, 0.2) is 0 Å². The number of hydrogen-bond donors (Lipinski definition) is 0. The van der Waals surface area contributed by atoms with Crippen LogP contribution >= 0.6 is 0 Å². The van der Waals surface area contributed by atoms with Crippen LogP contribution < -0.4 is 0 Å². The van der Waals surface area contributed by atoms with E-state index in [4.69, 9.17) is 0 Å². The summed E-state index contributed by atoms with van der Waals surface area (Å²) in [6, 6.07) is 8.71. The molecule has 0 N–H and O–H groups in total. The van der Waals surface area contributed by atoms with E-state index in [1.165, 1.54) is 11.1 Å². The Bertz CT molecular complexity index is 486. The summed E-state index contributed by atoms with van der Waals surface area (Å²) in [6.07, 6.45) is 7.51. The molecule has 1 aromatic carbocycles. The number of alkyl halides is 1. The number of aryl methyl sites for hydroxylation is 1. The Morgan fingerprint density at radius 3 is 2.47 bits per heavy atom. The van der Waals surface area contributed by atoms with E-state index in [0.29, 0.717) is 6.54 Å². The fourth-order valence-corrected chi connectivity index (χ4v) is 2.41. The van der Waals surface area contributed by atoms with E-state index in [2.05, 4.69) is 56.3 Å². The van der Waals surface area contributed by atoms with E-state index in [1.807, 2.05) is 11.9 Å². The van der Waals surface area contributed by atoms with Gasteiger partial charge in [0.2, 0.25) is 0 Å². The van der Waals surface area contributed by atoms with Crippen LogP contribution in [-0.2, 0) is 5.41 Å². The van der Waals surface area contributed by atoms with E-state index >= 15 is 0 Å². The van der Waals surface area contributed by atoms with E-state index in [9.17, 15) is 4.39 Å². The molecule has 1 aliphatic rings. The van der Waals surface area contributed by atoms with Gasteiger partial charge in [-0.25, -0.2) is 4.39 Å². The normalized spacial score (nSPS) is 22.2. The van der Waals surface area contributed by atoms with Crippen molar-refractivity contribution in [3.63, 3.8) is 0 Å². The lowest BCUT2D eigenvalue weighted by atomic mass is 9.76. The number of rotatable bonds is 4. The second kappa shape index (κ2) is 5.60. The Kier molecular flexibility index (Phi) is 4.08. The minimum absolute atomic E-state index is 0.0494. The Labute approximate surface area is 115 Å². The van der Waals surface area contributed by atoms with Crippen molar-refractivity contribution >= 4 is 0 Å². The lowest BCUT2D eigenvalue weighted by molar-refractivity contribution is 0.354. The first kappa shape index (κ1) is 13.9. The standard InChI is InChI=1S/C17H22FN/c1-14-4-6-15(7-5-14)17(2)10-8-16(9-11-17)19(3)13-12-18/h4-10H,11-13H2,1-3H3. The molecule has 0 fully saturated rings. The summed E-state index contributed by atoms with van der Waals surface area (Å²) in [4.78, 5) is 1.96. The number of hydrogen-bond acceptors (Lipinski definition) is 1. The van der Waals surface area contributed by atoms with Gasteiger partial charge in [0.1, 0.15) is 6.67 Å². The Morgan fingerprint density at radius 2 is 1.95 bits per heavy atom. The van der Waals surface area contributed by atoms with Crippen LogP contribution in [0.4, 0.5) is 4.39 Å². The minimum atomic E-state index is -0.309. The zero-order valence-electron chi connectivity index (χ0n) is 12.0. The summed E-state index contributed by atoms with van der Waals surface area (Å²) in [5.74, 6) is 0. The molecule has 1 atom stereocenters. The molecular weight excluding hydrogens is 237 g/mol. The third-order valence-electron chi connectivity index (χ3n) is 3.93. The van der Waals surface area contributed by atoms with Crippen LogP contribution in [0.5, 0.6) is 0 Å². The van der Waals surface area contributed by atoms with Gasteiger partial charge in [0, 0.05) is 24.7 Å². The molecule has 102 valence electrons. The molecule has 0 heterocycles. The quantitative estimate of drug-likeness (QED) is 0.790. The highest BCUT2D eigenvalue weighted by Crippen LogP contribution is 2.34. The smallest absolute Gasteiger partial charge is 0.107 e. The van der Waals surface area contributed by atoms with Crippen LogP contribution in [0.25, 0.3) is 0 Å². The highest BCUT2D eigenvalue weighted by atomic mass is 19.1. The molecule has 0 aromatic heterocycles. The monoisotopic (exact) mass is 259 g/mol. The molecule has 0 aliphatic heterocycles. The van der Waals surface area contributed by atoms with E-state index in [-0.39, 0.29) is 12.1 Å². The van der Waals surface area contributed by atoms with Crippen LogP contribution in [0.2, 0.25) is 0 Å². The lowest BCUT2D eigenvalue weighted by Gasteiger charge is -2.31. The number of allylic oxidation sites excluding steroid dienone is 3. The zero-order chi connectivity index (χ0) is 13.9. The number of halogens is 1. The molecule has 0 radical (unpaired) electrons. The second-order valence-electron chi connectivity index (χ2n) is 5.56. The van der Waals surface area contributed by atoms with Crippen LogP contribution in [0.1, 0.15) is 24.5 Å². The van der Waals surface area contributed by atoms with Crippen molar-refractivity contribution in [2.24, 2.45) is 0 Å². The van der Waals surface area contributed by atoms with E-state index in [0.717, 1.165) is 12.1 Å². The Hall–Kier alpha value is -1.57. The molecule has 0 spiro atoms. The second-order valence-corrected chi connectivity index (χ2v) is 5.56. The van der Waals surface area contributed by atoms with Crippen LogP contribution in [-0.4, -0.2) is 25.2 Å². The average Bonchev–Trinajstić information content (AvgIpc) is 2.40. The average molecular weight is 259 g/mol. The number of likely N-dealkylation sites (N-methyl/N-ethyl adjacent to an activating group) is 1. The fourth-order valence-electron chi connectivity index (χ4n) is 2.41. The molecule has 1 unspecified atom stereocenters. The number of benzene rings is 1. The van der Waals surface area contributed by atoms with Crippen molar-refractivity contribution in [3.8, 4) is 0 Å². The molecule has 2 heteroatoms. The molecule has 1 nitrogen and oxygen atoms in total. The highest BCUT2D eigenvalue weighted by molar-refractivity contribution is 5.38. The van der Waals surface area contributed by atoms with E-state index in [1.54, 1.807) is 0 Å². The molecule has 2 rings (SSSR count). The van der Waals surface area contributed by atoms with Gasteiger partial charge in [-0.15, -0.1) is 0 Å². The van der Waals surface area contributed by atoms with Crippen LogP contribution in [0.15, 0.2) is 48.2 Å². The predicted octanol–water partition coefficient (Wildman–Crippen LogP) is 4.00. The maximum absolute atomic E-state index is 12.4. The van der Waals surface area contributed by atoms with Crippen molar-refractivity contribution < 1.29 is 4.39 Å². The molecular formula is C17H22FN. The van der Waals surface area contributed by atoms with Crippen molar-refractivity contribution in [3.05, 3.63) is 59.3 Å². The van der Waals surface area contributed by atoms with Gasteiger partial charge in [0.25, 0.3) is 0 Å². The van der Waals surface area contributed by atoms with Gasteiger partial charge in [-0.2, -0.15) is 0 Å². The third-order valence-corrected chi connectivity index (χ3v) is 3.93. The predicted molar refractivity (Wildman–Crippen MR) is 79.0 cm³/mol. The summed E-state index contributed by atoms with van der Waals surface area (Å²) in [5, 5.41) is 0. The van der Waals surface area contributed by atoms with Crippen molar-refractivity contribution in [2.75, 3.05) is 20.3 Å². The Morgan fingerprint density at radius 1 is 1.26 bits per heavy atom. The van der Waals surface area contributed by atoms with Crippen molar-refractivity contribution in [1.82, 2.24) is 4.90 Å². The number of nitrogens with zero attached hydrogens (tertiary/aromatic N) is 1. The first-order chi connectivity index (χ1) is 9.05. The maximum atomic E-state index is 12.4. The van der Waals surface area contributed by atoms with Crippen LogP contribution in [0, 0.1) is 6.92 Å². The maximum Gasteiger partial charge on any atom is 0.107 e. The zero-order valence-corrected chi connectivity index (χ0v) is 12.0. The SMILES string of the molecule is Cc1ccc(C2(C)C=CC(N(C)CCF)=CC2)cc1. The largest absolute Gasteiger partial charge is 0.372 e. The summed E-state index contributed by atoms with van der Waals surface area (Å²) in [7, 11) is 1.93. The van der Waals surface area contributed by atoms with Gasteiger partial charge in [-0.3, -0.25) is 0 Å².